The molecule has 4 nitrogen and oxygen atoms in total. The molecule has 27 heavy (non-hydrogen) atoms. The summed E-state index contributed by atoms with van der Waals surface area (Å²) < 4.78 is 50.0. The SMILES string of the molecule is FC(F)(F)c1cnc(N2CCC[C@H]2c2ccc3c(c2)OCCCO3)c(Cl)c1. The summed E-state index contributed by atoms with van der Waals surface area (Å²) in [5.74, 6) is 1.79. The van der Waals surface area contributed by atoms with Gasteiger partial charge in [-0.2, -0.15) is 13.2 Å². The van der Waals surface area contributed by atoms with Crippen molar-refractivity contribution in [1.82, 2.24) is 4.98 Å². The van der Waals surface area contributed by atoms with Crippen molar-refractivity contribution in [2.24, 2.45) is 0 Å². The van der Waals surface area contributed by atoms with Crippen molar-refractivity contribution in [3.63, 3.8) is 0 Å². The maximum atomic E-state index is 12.9. The molecule has 0 unspecified atom stereocenters. The van der Waals surface area contributed by atoms with Crippen molar-refractivity contribution in [3.8, 4) is 11.5 Å². The Morgan fingerprint density at radius 2 is 1.85 bits per heavy atom. The van der Waals surface area contributed by atoms with Gasteiger partial charge in [-0.25, -0.2) is 4.98 Å². The van der Waals surface area contributed by atoms with Crippen LogP contribution in [0.3, 0.4) is 0 Å². The second-order valence-electron chi connectivity index (χ2n) is 6.64. The molecule has 144 valence electrons. The molecule has 1 aromatic heterocycles. The number of hydrogen-bond donors (Lipinski definition) is 0. The van der Waals surface area contributed by atoms with E-state index in [2.05, 4.69) is 4.98 Å². The number of nitrogens with zero attached hydrogens (tertiary/aromatic N) is 2. The molecule has 2 aliphatic heterocycles. The third kappa shape index (κ3) is 3.65. The third-order valence-electron chi connectivity index (χ3n) is 4.83. The van der Waals surface area contributed by atoms with Crippen molar-refractivity contribution in [1.29, 1.82) is 0 Å². The van der Waals surface area contributed by atoms with E-state index in [9.17, 15) is 13.2 Å². The molecule has 1 atom stereocenters. The van der Waals surface area contributed by atoms with E-state index in [1.54, 1.807) is 0 Å². The molecule has 0 bridgehead atoms. The molecule has 0 radical (unpaired) electrons. The first-order valence-corrected chi connectivity index (χ1v) is 9.20. The van der Waals surface area contributed by atoms with Gasteiger partial charge in [0, 0.05) is 19.2 Å². The average Bonchev–Trinajstić information content (AvgIpc) is 2.99. The van der Waals surface area contributed by atoms with Gasteiger partial charge in [0.15, 0.2) is 11.5 Å². The van der Waals surface area contributed by atoms with Crippen LogP contribution < -0.4 is 14.4 Å². The Bertz CT molecular complexity index is 844. The smallest absolute Gasteiger partial charge is 0.417 e. The van der Waals surface area contributed by atoms with E-state index in [4.69, 9.17) is 21.1 Å². The molecule has 4 rings (SSSR count). The Morgan fingerprint density at radius 1 is 1.07 bits per heavy atom. The van der Waals surface area contributed by atoms with Gasteiger partial charge in [0.1, 0.15) is 5.82 Å². The number of benzene rings is 1. The van der Waals surface area contributed by atoms with Gasteiger partial charge in [-0.15, -0.1) is 0 Å². The lowest BCUT2D eigenvalue weighted by molar-refractivity contribution is -0.137. The minimum Gasteiger partial charge on any atom is -0.490 e. The predicted molar refractivity (Wildman–Crippen MR) is 95.6 cm³/mol. The number of pyridine rings is 1. The summed E-state index contributed by atoms with van der Waals surface area (Å²) in [5.41, 5.74) is 0.164. The Morgan fingerprint density at radius 3 is 2.59 bits per heavy atom. The normalized spacial score (nSPS) is 19.9. The lowest BCUT2D eigenvalue weighted by atomic mass is 10.0. The Labute approximate surface area is 159 Å². The number of halogens is 4. The van der Waals surface area contributed by atoms with Crippen LogP contribution in [0.25, 0.3) is 0 Å². The number of aromatic nitrogens is 1. The second kappa shape index (κ2) is 7.11. The van der Waals surface area contributed by atoms with E-state index >= 15 is 0 Å². The van der Waals surface area contributed by atoms with E-state index in [1.807, 2.05) is 23.1 Å². The number of hydrogen-bond acceptors (Lipinski definition) is 4. The standard InChI is InChI=1S/C19H18ClF3N2O2/c20-14-10-13(19(21,22)23)11-24-18(14)25-6-1-3-15(25)12-4-5-16-17(9-12)27-8-2-7-26-16/h4-5,9-11,15H,1-3,6-8H2/t15-/m0/s1. The zero-order valence-electron chi connectivity index (χ0n) is 14.4. The van der Waals surface area contributed by atoms with Crippen molar-refractivity contribution in [3.05, 3.63) is 46.6 Å². The fraction of sp³-hybridized carbons (Fsp3) is 0.421. The van der Waals surface area contributed by atoms with Gasteiger partial charge < -0.3 is 14.4 Å². The van der Waals surface area contributed by atoms with E-state index in [0.29, 0.717) is 37.1 Å². The van der Waals surface area contributed by atoms with Crippen LogP contribution in [-0.4, -0.2) is 24.7 Å². The molecular formula is C19H18ClF3N2O2. The monoisotopic (exact) mass is 398 g/mol. The fourth-order valence-corrected chi connectivity index (χ4v) is 3.83. The second-order valence-corrected chi connectivity index (χ2v) is 7.04. The van der Waals surface area contributed by atoms with Gasteiger partial charge >= 0.3 is 6.18 Å². The van der Waals surface area contributed by atoms with Crippen LogP contribution in [0.2, 0.25) is 5.02 Å². The van der Waals surface area contributed by atoms with E-state index in [1.165, 1.54) is 0 Å². The van der Waals surface area contributed by atoms with Crippen molar-refractivity contribution in [2.45, 2.75) is 31.5 Å². The highest BCUT2D eigenvalue weighted by Crippen LogP contribution is 2.42. The molecule has 1 fully saturated rings. The van der Waals surface area contributed by atoms with E-state index < -0.39 is 11.7 Å². The molecule has 2 aliphatic rings. The zero-order valence-corrected chi connectivity index (χ0v) is 15.2. The number of rotatable bonds is 2. The molecule has 0 spiro atoms. The van der Waals surface area contributed by atoms with Gasteiger partial charge in [0.2, 0.25) is 0 Å². The Balaban J connectivity index is 1.64. The van der Waals surface area contributed by atoms with Crippen LogP contribution in [0.5, 0.6) is 11.5 Å². The first-order chi connectivity index (χ1) is 12.9. The highest BCUT2D eigenvalue weighted by molar-refractivity contribution is 6.33. The average molecular weight is 399 g/mol. The molecule has 8 heteroatoms. The molecular weight excluding hydrogens is 381 g/mol. The lowest BCUT2D eigenvalue weighted by Gasteiger charge is -2.27. The molecule has 1 aromatic carbocycles. The van der Waals surface area contributed by atoms with Crippen molar-refractivity contribution >= 4 is 17.4 Å². The Kier molecular flexibility index (Phi) is 4.80. The van der Waals surface area contributed by atoms with Gasteiger partial charge in [0.25, 0.3) is 0 Å². The summed E-state index contributed by atoms with van der Waals surface area (Å²) in [5, 5.41) is 0.00562. The summed E-state index contributed by atoms with van der Waals surface area (Å²) >= 11 is 6.16. The highest BCUT2D eigenvalue weighted by atomic mass is 35.5. The van der Waals surface area contributed by atoms with E-state index in [0.717, 1.165) is 37.1 Å². The van der Waals surface area contributed by atoms with Crippen LogP contribution in [0, 0.1) is 0 Å². The van der Waals surface area contributed by atoms with E-state index in [-0.39, 0.29) is 11.1 Å². The topological polar surface area (TPSA) is 34.6 Å². The first-order valence-electron chi connectivity index (χ1n) is 8.82. The van der Waals surface area contributed by atoms with Crippen molar-refractivity contribution < 1.29 is 22.6 Å². The summed E-state index contributed by atoms with van der Waals surface area (Å²) in [7, 11) is 0. The van der Waals surface area contributed by atoms with Crippen LogP contribution in [-0.2, 0) is 6.18 Å². The summed E-state index contributed by atoms with van der Waals surface area (Å²) in [6, 6.07) is 6.71. The molecule has 0 N–H and O–H groups in total. The number of alkyl halides is 3. The molecule has 0 aliphatic carbocycles. The number of anilines is 1. The van der Waals surface area contributed by atoms with Crippen LogP contribution in [0.4, 0.5) is 19.0 Å². The van der Waals surface area contributed by atoms with Gasteiger partial charge in [-0.3, -0.25) is 0 Å². The predicted octanol–water partition coefficient (Wildman–Crippen LogP) is 5.26. The number of ether oxygens (including phenoxy) is 2. The maximum Gasteiger partial charge on any atom is 0.417 e. The summed E-state index contributed by atoms with van der Waals surface area (Å²) in [4.78, 5) is 5.98. The molecule has 3 heterocycles. The van der Waals surface area contributed by atoms with Gasteiger partial charge in [0.05, 0.1) is 29.8 Å². The molecule has 1 saturated heterocycles. The lowest BCUT2D eigenvalue weighted by Crippen LogP contribution is -2.24. The first kappa shape index (κ1) is 18.2. The summed E-state index contributed by atoms with van der Waals surface area (Å²) in [6.07, 6.45) is -1.04. The fourth-order valence-electron chi connectivity index (χ4n) is 3.55. The minimum atomic E-state index is -4.46. The third-order valence-corrected chi connectivity index (χ3v) is 5.11. The highest BCUT2D eigenvalue weighted by Gasteiger charge is 2.34. The molecule has 0 saturated carbocycles. The molecule has 2 aromatic rings. The Hall–Kier alpha value is -2.15. The van der Waals surface area contributed by atoms with Crippen LogP contribution in [0.15, 0.2) is 30.5 Å². The van der Waals surface area contributed by atoms with Crippen LogP contribution >= 0.6 is 11.6 Å². The largest absolute Gasteiger partial charge is 0.490 e. The quantitative estimate of drug-likeness (QED) is 0.691. The van der Waals surface area contributed by atoms with Gasteiger partial charge in [-0.05, 0) is 36.6 Å². The van der Waals surface area contributed by atoms with Crippen LogP contribution in [0.1, 0.15) is 36.4 Å². The zero-order chi connectivity index (χ0) is 19.0. The number of fused-ring (bicyclic) bond motifs is 1. The summed E-state index contributed by atoms with van der Waals surface area (Å²) in [6.45, 7) is 1.89. The van der Waals surface area contributed by atoms with Crippen molar-refractivity contribution in [2.75, 3.05) is 24.7 Å². The van der Waals surface area contributed by atoms with Gasteiger partial charge in [-0.1, -0.05) is 17.7 Å². The maximum absolute atomic E-state index is 12.9. The minimum absolute atomic E-state index is 0.00562. The molecule has 0 amide bonds.